The number of carbonyl (C=O) groups excluding carboxylic acids is 2. The lowest BCUT2D eigenvalue weighted by Gasteiger charge is -2.59. The van der Waals surface area contributed by atoms with Crippen molar-refractivity contribution in [2.24, 2.45) is 34.5 Å². The first-order valence-corrected chi connectivity index (χ1v) is 14.6. The van der Waals surface area contributed by atoms with Crippen molar-refractivity contribution in [1.29, 1.82) is 0 Å². The van der Waals surface area contributed by atoms with Gasteiger partial charge in [0.2, 0.25) is 0 Å². The Hall–Kier alpha value is -0.620. The van der Waals surface area contributed by atoms with Gasteiger partial charge in [-0.25, -0.2) is 0 Å². The van der Waals surface area contributed by atoms with Gasteiger partial charge >= 0.3 is 11.9 Å². The molecule has 3 saturated carbocycles. The van der Waals surface area contributed by atoms with Gasteiger partial charge in [-0.1, -0.05) is 25.5 Å². The van der Waals surface area contributed by atoms with Gasteiger partial charge in [0.15, 0.2) is 0 Å². The highest BCUT2D eigenvalue weighted by Crippen LogP contribution is 2.66. The van der Waals surface area contributed by atoms with Crippen LogP contribution in [0, 0.1) is 34.5 Å². The maximum Gasteiger partial charge on any atom is 0.302 e. The molecule has 0 radical (unpaired) electrons. The Morgan fingerprint density at radius 1 is 0.969 bits per heavy atom. The van der Waals surface area contributed by atoms with E-state index in [9.17, 15) is 9.59 Å². The molecule has 0 aromatic carbocycles. The molecule has 32 heavy (non-hydrogen) atoms. The molecule has 6 heteroatoms. The van der Waals surface area contributed by atoms with E-state index in [1.807, 2.05) is 23.5 Å². The average molecular weight is 479 g/mol. The van der Waals surface area contributed by atoms with Crippen LogP contribution in [0.2, 0.25) is 0 Å². The number of hydrogen-bond acceptors (Lipinski definition) is 6. The number of rotatable bonds is 3. The van der Waals surface area contributed by atoms with Crippen LogP contribution in [0.3, 0.4) is 0 Å². The molecule has 178 valence electrons. The molecule has 0 amide bonds. The minimum atomic E-state index is -0.142. The van der Waals surface area contributed by atoms with Gasteiger partial charge in [-0.3, -0.25) is 9.59 Å². The third-order valence-corrected chi connectivity index (χ3v) is 12.9. The van der Waals surface area contributed by atoms with Crippen LogP contribution in [0.15, 0.2) is 11.6 Å². The van der Waals surface area contributed by atoms with Crippen molar-refractivity contribution >= 4 is 35.5 Å². The smallest absolute Gasteiger partial charge is 0.302 e. The molecule has 5 rings (SSSR count). The molecular formula is C26H38O4S2. The lowest BCUT2D eigenvalue weighted by atomic mass is 9.47. The van der Waals surface area contributed by atoms with Crippen molar-refractivity contribution in [1.82, 2.24) is 0 Å². The molecule has 0 spiro atoms. The summed E-state index contributed by atoms with van der Waals surface area (Å²) in [6.45, 7) is 7.97. The van der Waals surface area contributed by atoms with Crippen LogP contribution >= 0.6 is 23.5 Å². The first-order chi connectivity index (χ1) is 15.2. The zero-order chi connectivity index (χ0) is 22.7. The summed E-state index contributed by atoms with van der Waals surface area (Å²) < 4.78 is 12.3. The number of hydrogen-bond donors (Lipinski definition) is 0. The Labute approximate surface area is 201 Å². The largest absolute Gasteiger partial charge is 0.462 e. The monoisotopic (exact) mass is 478 g/mol. The average Bonchev–Trinajstić information content (AvgIpc) is 3.35. The summed E-state index contributed by atoms with van der Waals surface area (Å²) in [5.74, 6) is 4.42. The van der Waals surface area contributed by atoms with Gasteiger partial charge < -0.3 is 9.47 Å². The summed E-state index contributed by atoms with van der Waals surface area (Å²) in [5, 5.41) is 0. The molecule has 1 heterocycles. The molecule has 8 atom stereocenters. The van der Waals surface area contributed by atoms with Crippen molar-refractivity contribution < 1.29 is 19.1 Å². The van der Waals surface area contributed by atoms with E-state index in [1.165, 1.54) is 37.2 Å². The van der Waals surface area contributed by atoms with E-state index >= 15 is 0 Å². The second-order valence-corrected chi connectivity index (χ2v) is 14.1. The summed E-state index contributed by atoms with van der Waals surface area (Å²) in [6.07, 6.45) is 10.5. The van der Waals surface area contributed by atoms with Gasteiger partial charge in [0, 0.05) is 36.7 Å². The van der Waals surface area contributed by atoms with Gasteiger partial charge in [-0.2, -0.15) is 0 Å². The van der Waals surface area contributed by atoms with E-state index in [-0.39, 0.29) is 35.0 Å². The van der Waals surface area contributed by atoms with Gasteiger partial charge in [0.25, 0.3) is 0 Å². The number of carbonyl (C=O) groups is 2. The second-order valence-electron chi connectivity index (χ2n) is 11.3. The number of fused-ring (bicyclic) bond motifs is 5. The van der Waals surface area contributed by atoms with E-state index in [1.54, 1.807) is 19.4 Å². The van der Waals surface area contributed by atoms with Crippen LogP contribution in [0.4, 0.5) is 0 Å². The molecule has 0 N–H and O–H groups in total. The Morgan fingerprint density at radius 3 is 2.38 bits per heavy atom. The molecular weight excluding hydrogens is 440 g/mol. The molecule has 5 aliphatic rings. The molecule has 0 bridgehead atoms. The summed E-state index contributed by atoms with van der Waals surface area (Å²) in [4.78, 5) is 23.8. The van der Waals surface area contributed by atoms with Crippen molar-refractivity contribution in [2.75, 3.05) is 11.5 Å². The van der Waals surface area contributed by atoms with Crippen LogP contribution in [-0.2, 0) is 19.1 Å². The quantitative estimate of drug-likeness (QED) is 0.375. The van der Waals surface area contributed by atoms with Crippen molar-refractivity contribution in [3.05, 3.63) is 11.6 Å². The Bertz CT molecular complexity index is 806. The number of allylic oxidation sites excluding steroid dienone is 1. The molecule has 0 unspecified atom stereocenters. The molecule has 0 aromatic heterocycles. The third kappa shape index (κ3) is 3.76. The minimum Gasteiger partial charge on any atom is -0.462 e. The molecule has 1 aliphatic heterocycles. The van der Waals surface area contributed by atoms with Crippen LogP contribution in [0.1, 0.15) is 72.6 Å². The van der Waals surface area contributed by atoms with Gasteiger partial charge in [0.1, 0.15) is 12.2 Å². The standard InChI is InChI=1S/C26H38O4S2/c1-15(27)29-22-14-26(4)17(13-19(22)24-31-11-12-32-24)5-6-18-20-7-8-23(30-16(2)28)25(20,3)10-9-21(18)26/h13,18-24H,5-12,14H2,1-4H3/t18-,19+,20-,21-,22+,23-,25-,26-/m0/s1. The van der Waals surface area contributed by atoms with Crippen LogP contribution < -0.4 is 0 Å². The maximum atomic E-state index is 12.0. The van der Waals surface area contributed by atoms with E-state index in [0.29, 0.717) is 28.3 Å². The molecule has 4 fully saturated rings. The van der Waals surface area contributed by atoms with Crippen LogP contribution in [0.25, 0.3) is 0 Å². The Balaban J connectivity index is 1.43. The fourth-order valence-electron chi connectivity index (χ4n) is 8.31. The Morgan fingerprint density at radius 2 is 1.69 bits per heavy atom. The summed E-state index contributed by atoms with van der Waals surface area (Å²) >= 11 is 4.09. The molecule has 4 aliphatic carbocycles. The van der Waals surface area contributed by atoms with Crippen LogP contribution in [-0.4, -0.2) is 40.2 Å². The highest BCUT2D eigenvalue weighted by molar-refractivity contribution is 8.20. The minimum absolute atomic E-state index is 0.00576. The first-order valence-electron chi connectivity index (χ1n) is 12.5. The van der Waals surface area contributed by atoms with E-state index in [4.69, 9.17) is 9.47 Å². The van der Waals surface area contributed by atoms with Gasteiger partial charge in [0.05, 0.1) is 4.58 Å². The maximum absolute atomic E-state index is 12.0. The zero-order valence-electron chi connectivity index (χ0n) is 19.9. The van der Waals surface area contributed by atoms with E-state index < -0.39 is 0 Å². The fourth-order valence-corrected chi connectivity index (χ4v) is 11.5. The topological polar surface area (TPSA) is 52.6 Å². The first kappa shape index (κ1) is 23.1. The molecule has 4 nitrogen and oxygen atoms in total. The van der Waals surface area contributed by atoms with Crippen molar-refractivity contribution in [2.45, 2.75) is 89.4 Å². The SMILES string of the molecule is CC(=O)O[C@H]1CC[C@H]2[C@@H]3CCC4=C[C@@H](C5SCCS5)[C@H](OC(C)=O)C[C@]4(C)[C@H]3CC[C@]12C. The summed E-state index contributed by atoms with van der Waals surface area (Å²) in [5.41, 5.74) is 1.88. The number of ether oxygens (including phenoxy) is 2. The Kier molecular flexibility index (Phi) is 6.18. The van der Waals surface area contributed by atoms with E-state index in [0.717, 1.165) is 19.3 Å². The zero-order valence-corrected chi connectivity index (χ0v) is 21.6. The third-order valence-electron chi connectivity index (χ3n) is 9.68. The molecule has 1 saturated heterocycles. The van der Waals surface area contributed by atoms with Gasteiger partial charge in [-0.05, 0) is 68.1 Å². The predicted molar refractivity (Wildman–Crippen MR) is 130 cm³/mol. The lowest BCUT2D eigenvalue weighted by Crippen LogP contribution is -2.53. The van der Waals surface area contributed by atoms with Crippen LogP contribution in [0.5, 0.6) is 0 Å². The highest BCUT2D eigenvalue weighted by Gasteiger charge is 2.61. The number of thioether (sulfide) groups is 2. The summed E-state index contributed by atoms with van der Waals surface area (Å²) in [6, 6.07) is 0. The van der Waals surface area contributed by atoms with Gasteiger partial charge in [-0.15, -0.1) is 23.5 Å². The van der Waals surface area contributed by atoms with Crippen molar-refractivity contribution in [3.63, 3.8) is 0 Å². The lowest BCUT2D eigenvalue weighted by molar-refractivity contribution is -0.160. The normalized spacial score (nSPS) is 45.9. The molecule has 0 aromatic rings. The second kappa shape index (κ2) is 8.55. The predicted octanol–water partition coefficient (Wildman–Crippen LogP) is 5.84. The number of esters is 2. The van der Waals surface area contributed by atoms with Crippen molar-refractivity contribution in [3.8, 4) is 0 Å². The fraction of sp³-hybridized carbons (Fsp3) is 0.846. The summed E-state index contributed by atoms with van der Waals surface area (Å²) in [7, 11) is 0. The highest BCUT2D eigenvalue weighted by atomic mass is 32.2. The van der Waals surface area contributed by atoms with E-state index in [2.05, 4.69) is 19.9 Å².